The van der Waals surface area contributed by atoms with Crippen LogP contribution in [0, 0.1) is 6.92 Å². The van der Waals surface area contributed by atoms with Gasteiger partial charge in [-0.05, 0) is 44.9 Å². The van der Waals surface area contributed by atoms with E-state index in [4.69, 9.17) is 11.6 Å². The van der Waals surface area contributed by atoms with Gasteiger partial charge in [-0.15, -0.1) is 0 Å². The fraction of sp³-hybridized carbons (Fsp3) is 0.474. The van der Waals surface area contributed by atoms with E-state index in [-0.39, 0.29) is 11.9 Å². The second-order valence-corrected chi connectivity index (χ2v) is 6.95. The fourth-order valence-electron chi connectivity index (χ4n) is 3.37. The molecule has 0 aliphatic carbocycles. The van der Waals surface area contributed by atoms with E-state index in [2.05, 4.69) is 22.2 Å². The van der Waals surface area contributed by atoms with Crippen molar-refractivity contribution in [3.63, 3.8) is 0 Å². The van der Waals surface area contributed by atoms with E-state index in [1.165, 1.54) is 6.42 Å². The summed E-state index contributed by atoms with van der Waals surface area (Å²) in [5.41, 5.74) is 1.97. The Bertz CT molecular complexity index is 721. The standard InChI is InChI=1S/C19H25ClN4O/c1-3-11-23-12-9-15(10-13-23)21-19(25)17-14(2)22-24(18(17)20)16-7-5-4-6-8-16/h4-8,15H,3,9-13H2,1-2H3,(H,21,25). The molecule has 2 heterocycles. The number of piperidine rings is 1. The Hall–Kier alpha value is -1.85. The third-order valence-corrected chi connectivity index (χ3v) is 5.04. The van der Waals surface area contributed by atoms with E-state index in [0.717, 1.165) is 38.2 Å². The van der Waals surface area contributed by atoms with Gasteiger partial charge in [0.05, 0.1) is 16.9 Å². The Kier molecular flexibility index (Phi) is 5.76. The van der Waals surface area contributed by atoms with Crippen LogP contribution in [0.5, 0.6) is 0 Å². The number of aromatic nitrogens is 2. The van der Waals surface area contributed by atoms with Gasteiger partial charge >= 0.3 is 0 Å². The molecule has 6 heteroatoms. The molecule has 0 saturated carbocycles. The lowest BCUT2D eigenvalue weighted by Gasteiger charge is -2.32. The molecule has 1 saturated heterocycles. The average molecular weight is 361 g/mol. The summed E-state index contributed by atoms with van der Waals surface area (Å²) in [6.07, 6.45) is 3.13. The van der Waals surface area contributed by atoms with E-state index < -0.39 is 0 Å². The highest BCUT2D eigenvalue weighted by atomic mass is 35.5. The van der Waals surface area contributed by atoms with Gasteiger partial charge in [-0.3, -0.25) is 4.79 Å². The first-order valence-electron chi connectivity index (χ1n) is 8.94. The highest BCUT2D eigenvalue weighted by Crippen LogP contribution is 2.24. The molecular weight excluding hydrogens is 336 g/mol. The molecule has 0 bridgehead atoms. The van der Waals surface area contributed by atoms with E-state index in [0.29, 0.717) is 16.4 Å². The predicted molar refractivity (Wildman–Crippen MR) is 101 cm³/mol. The summed E-state index contributed by atoms with van der Waals surface area (Å²) >= 11 is 6.47. The molecule has 0 spiro atoms. The normalized spacial score (nSPS) is 16.1. The number of rotatable bonds is 5. The van der Waals surface area contributed by atoms with Crippen LogP contribution in [0.3, 0.4) is 0 Å². The lowest BCUT2D eigenvalue weighted by atomic mass is 10.0. The van der Waals surface area contributed by atoms with Crippen molar-refractivity contribution < 1.29 is 4.79 Å². The van der Waals surface area contributed by atoms with Gasteiger partial charge in [-0.25, -0.2) is 4.68 Å². The zero-order valence-electron chi connectivity index (χ0n) is 14.8. The molecular formula is C19H25ClN4O. The number of carbonyl (C=O) groups is 1. The number of carbonyl (C=O) groups excluding carboxylic acids is 1. The Morgan fingerprint density at radius 2 is 1.96 bits per heavy atom. The van der Waals surface area contributed by atoms with Crippen LogP contribution in [-0.2, 0) is 0 Å². The predicted octanol–water partition coefficient (Wildman–Crippen LogP) is 3.44. The van der Waals surface area contributed by atoms with E-state index in [1.54, 1.807) is 4.68 Å². The number of nitrogens with one attached hydrogen (secondary N) is 1. The third kappa shape index (κ3) is 4.05. The summed E-state index contributed by atoms with van der Waals surface area (Å²) in [6, 6.07) is 9.83. The van der Waals surface area contributed by atoms with Crippen LogP contribution in [0.15, 0.2) is 30.3 Å². The van der Waals surface area contributed by atoms with E-state index >= 15 is 0 Å². The summed E-state index contributed by atoms with van der Waals surface area (Å²) in [4.78, 5) is 15.2. The first-order chi connectivity index (χ1) is 12.1. The van der Waals surface area contributed by atoms with Crippen LogP contribution in [0.2, 0.25) is 5.15 Å². The maximum absolute atomic E-state index is 12.7. The zero-order chi connectivity index (χ0) is 17.8. The minimum atomic E-state index is -0.126. The van der Waals surface area contributed by atoms with Crippen molar-refractivity contribution in [2.75, 3.05) is 19.6 Å². The van der Waals surface area contributed by atoms with Gasteiger partial charge in [0, 0.05) is 19.1 Å². The molecule has 1 aliphatic rings. The largest absolute Gasteiger partial charge is 0.349 e. The molecule has 1 fully saturated rings. The number of halogens is 1. The molecule has 134 valence electrons. The van der Waals surface area contributed by atoms with Crippen LogP contribution in [0.25, 0.3) is 5.69 Å². The lowest BCUT2D eigenvalue weighted by Crippen LogP contribution is -2.44. The van der Waals surface area contributed by atoms with Crippen molar-refractivity contribution in [1.29, 1.82) is 0 Å². The molecule has 5 nitrogen and oxygen atoms in total. The van der Waals surface area contributed by atoms with Gasteiger partial charge < -0.3 is 10.2 Å². The van der Waals surface area contributed by atoms with Crippen molar-refractivity contribution in [3.05, 3.63) is 46.7 Å². The van der Waals surface area contributed by atoms with Crippen LogP contribution in [0.4, 0.5) is 0 Å². The fourth-order valence-corrected chi connectivity index (χ4v) is 3.73. The van der Waals surface area contributed by atoms with Gasteiger partial charge in [0.1, 0.15) is 5.15 Å². The molecule has 1 aromatic carbocycles. The van der Waals surface area contributed by atoms with Crippen molar-refractivity contribution in [3.8, 4) is 5.69 Å². The van der Waals surface area contributed by atoms with Crippen molar-refractivity contribution >= 4 is 17.5 Å². The zero-order valence-corrected chi connectivity index (χ0v) is 15.6. The number of aryl methyl sites for hydroxylation is 1. The van der Waals surface area contributed by atoms with Crippen LogP contribution in [-0.4, -0.2) is 46.3 Å². The maximum atomic E-state index is 12.7. The first-order valence-corrected chi connectivity index (χ1v) is 9.31. The van der Waals surface area contributed by atoms with Crippen LogP contribution < -0.4 is 5.32 Å². The minimum Gasteiger partial charge on any atom is -0.349 e. The first kappa shape index (κ1) is 18.0. The van der Waals surface area contributed by atoms with Crippen LogP contribution in [0.1, 0.15) is 42.2 Å². The summed E-state index contributed by atoms with van der Waals surface area (Å²) in [7, 11) is 0. The molecule has 1 aromatic heterocycles. The topological polar surface area (TPSA) is 50.2 Å². The van der Waals surface area contributed by atoms with Gasteiger partial charge in [0.15, 0.2) is 0 Å². The Balaban J connectivity index is 1.70. The summed E-state index contributed by atoms with van der Waals surface area (Å²) in [5.74, 6) is -0.126. The molecule has 0 atom stereocenters. The van der Waals surface area contributed by atoms with E-state index in [1.807, 2.05) is 37.3 Å². The van der Waals surface area contributed by atoms with Crippen molar-refractivity contribution in [1.82, 2.24) is 20.0 Å². The summed E-state index contributed by atoms with van der Waals surface area (Å²) < 4.78 is 1.62. The monoisotopic (exact) mass is 360 g/mol. The number of nitrogens with zero attached hydrogens (tertiary/aromatic N) is 3. The summed E-state index contributed by atoms with van der Waals surface area (Å²) in [5, 5.41) is 7.95. The number of hydrogen-bond acceptors (Lipinski definition) is 3. The Morgan fingerprint density at radius 1 is 1.28 bits per heavy atom. The third-order valence-electron chi connectivity index (χ3n) is 4.69. The van der Waals surface area contributed by atoms with Gasteiger partial charge in [-0.1, -0.05) is 36.7 Å². The smallest absolute Gasteiger partial charge is 0.256 e. The highest BCUT2D eigenvalue weighted by Gasteiger charge is 2.25. The number of likely N-dealkylation sites (tertiary alicyclic amines) is 1. The van der Waals surface area contributed by atoms with Crippen molar-refractivity contribution in [2.45, 2.75) is 39.2 Å². The molecule has 25 heavy (non-hydrogen) atoms. The highest BCUT2D eigenvalue weighted by molar-refractivity contribution is 6.33. The number of benzene rings is 1. The van der Waals surface area contributed by atoms with Gasteiger partial charge in [0.2, 0.25) is 0 Å². The molecule has 3 rings (SSSR count). The maximum Gasteiger partial charge on any atom is 0.256 e. The second-order valence-electron chi connectivity index (χ2n) is 6.59. The number of amides is 1. The second kappa shape index (κ2) is 8.02. The molecule has 0 radical (unpaired) electrons. The molecule has 2 aromatic rings. The molecule has 1 aliphatic heterocycles. The van der Waals surface area contributed by atoms with Gasteiger partial charge in [-0.2, -0.15) is 5.10 Å². The average Bonchev–Trinajstić information content (AvgIpc) is 2.92. The van der Waals surface area contributed by atoms with Crippen LogP contribution >= 0.6 is 11.6 Å². The molecule has 1 N–H and O–H groups in total. The molecule has 0 unspecified atom stereocenters. The number of hydrogen-bond donors (Lipinski definition) is 1. The number of para-hydroxylation sites is 1. The van der Waals surface area contributed by atoms with E-state index in [9.17, 15) is 4.79 Å². The van der Waals surface area contributed by atoms with Crippen molar-refractivity contribution in [2.24, 2.45) is 0 Å². The minimum absolute atomic E-state index is 0.126. The molecule has 1 amide bonds. The SMILES string of the molecule is CCCN1CCC(NC(=O)c2c(C)nn(-c3ccccc3)c2Cl)CC1. The van der Waals surface area contributed by atoms with Gasteiger partial charge in [0.25, 0.3) is 5.91 Å². The Morgan fingerprint density at radius 3 is 2.60 bits per heavy atom. The Labute approximate surface area is 154 Å². The lowest BCUT2D eigenvalue weighted by molar-refractivity contribution is 0.0910. The quantitative estimate of drug-likeness (QED) is 0.888. The summed E-state index contributed by atoms with van der Waals surface area (Å²) in [6.45, 7) is 7.23.